The van der Waals surface area contributed by atoms with Crippen molar-refractivity contribution in [2.24, 2.45) is 0 Å². The fourth-order valence-electron chi connectivity index (χ4n) is 2.16. The third-order valence-corrected chi connectivity index (χ3v) is 3.80. The van der Waals surface area contributed by atoms with Gasteiger partial charge in [-0.1, -0.05) is 11.6 Å². The van der Waals surface area contributed by atoms with Crippen LogP contribution < -0.4 is 5.32 Å². The van der Waals surface area contributed by atoms with Gasteiger partial charge in [0.1, 0.15) is 0 Å². The van der Waals surface area contributed by atoms with Crippen molar-refractivity contribution in [2.45, 2.75) is 12.6 Å². The van der Waals surface area contributed by atoms with Crippen molar-refractivity contribution < 1.29 is 22.8 Å². The smallest absolute Gasteiger partial charge is 0.337 e. The van der Waals surface area contributed by atoms with Crippen LogP contribution in [0.3, 0.4) is 0 Å². The molecule has 2 rings (SSSR count). The number of amides is 2. The standard InChI is InChI=1S/C17H15ClF3N3O2/c1-24(9-6-11-4-7-22-8-5-11)16(26)15(25)23-14-3-2-12(18)10-13(14)17(19,20)21/h2-5,7-8,10H,6,9H2,1H3,(H,23,25). The Labute approximate surface area is 152 Å². The van der Waals surface area contributed by atoms with E-state index in [0.29, 0.717) is 12.5 Å². The second-order valence-corrected chi connectivity index (χ2v) is 5.91. The molecule has 0 bridgehead atoms. The van der Waals surface area contributed by atoms with Crippen molar-refractivity contribution >= 4 is 29.1 Å². The van der Waals surface area contributed by atoms with E-state index in [1.54, 1.807) is 24.5 Å². The Balaban J connectivity index is 2.04. The average Bonchev–Trinajstić information content (AvgIpc) is 2.60. The number of aromatic nitrogens is 1. The normalized spacial score (nSPS) is 11.1. The fraction of sp³-hybridized carbons (Fsp3) is 0.235. The van der Waals surface area contributed by atoms with Gasteiger partial charge in [0.05, 0.1) is 11.3 Å². The SMILES string of the molecule is CN(CCc1ccncc1)C(=O)C(=O)Nc1ccc(Cl)cc1C(F)(F)F. The van der Waals surface area contributed by atoms with Crippen LogP contribution >= 0.6 is 11.6 Å². The van der Waals surface area contributed by atoms with E-state index < -0.39 is 29.2 Å². The number of carbonyl (C=O) groups is 2. The molecule has 0 spiro atoms. The highest BCUT2D eigenvalue weighted by molar-refractivity contribution is 6.39. The third-order valence-electron chi connectivity index (χ3n) is 3.56. The molecule has 0 aliphatic rings. The lowest BCUT2D eigenvalue weighted by Crippen LogP contribution is -2.38. The molecule has 0 saturated heterocycles. The molecule has 0 aliphatic heterocycles. The van der Waals surface area contributed by atoms with Crippen LogP contribution in [0.1, 0.15) is 11.1 Å². The Hall–Kier alpha value is -2.61. The third kappa shape index (κ3) is 5.19. The summed E-state index contributed by atoms with van der Waals surface area (Å²) in [6.07, 6.45) is -1.04. The first-order valence-electron chi connectivity index (χ1n) is 7.50. The second-order valence-electron chi connectivity index (χ2n) is 5.47. The molecule has 1 heterocycles. The Morgan fingerprint density at radius 2 is 1.85 bits per heavy atom. The van der Waals surface area contributed by atoms with E-state index in [4.69, 9.17) is 11.6 Å². The van der Waals surface area contributed by atoms with Gasteiger partial charge in [0.2, 0.25) is 0 Å². The molecule has 0 saturated carbocycles. The number of likely N-dealkylation sites (N-methyl/N-ethyl adjacent to an activating group) is 1. The first-order chi connectivity index (χ1) is 12.2. The van der Waals surface area contributed by atoms with Crippen LogP contribution in [0.25, 0.3) is 0 Å². The number of hydrogen-bond donors (Lipinski definition) is 1. The highest BCUT2D eigenvalue weighted by atomic mass is 35.5. The maximum Gasteiger partial charge on any atom is 0.418 e. The first-order valence-corrected chi connectivity index (χ1v) is 7.88. The molecule has 5 nitrogen and oxygen atoms in total. The van der Waals surface area contributed by atoms with E-state index in [1.807, 2.05) is 5.32 Å². The number of pyridine rings is 1. The summed E-state index contributed by atoms with van der Waals surface area (Å²) in [6.45, 7) is 0.225. The van der Waals surface area contributed by atoms with Crippen LogP contribution in [0, 0.1) is 0 Å². The average molecular weight is 386 g/mol. The number of halogens is 4. The van der Waals surface area contributed by atoms with Crippen molar-refractivity contribution in [3.8, 4) is 0 Å². The monoisotopic (exact) mass is 385 g/mol. The molecule has 1 aromatic heterocycles. The Bertz CT molecular complexity index is 798. The predicted molar refractivity (Wildman–Crippen MR) is 90.7 cm³/mol. The molecule has 9 heteroatoms. The van der Waals surface area contributed by atoms with Crippen LogP contribution in [0.15, 0.2) is 42.7 Å². The fourth-order valence-corrected chi connectivity index (χ4v) is 2.33. The van der Waals surface area contributed by atoms with Gasteiger partial charge in [-0.05, 0) is 42.3 Å². The molecule has 138 valence electrons. The van der Waals surface area contributed by atoms with E-state index in [0.717, 1.165) is 16.5 Å². The number of carbonyl (C=O) groups excluding carboxylic acids is 2. The van der Waals surface area contributed by atoms with Crippen molar-refractivity contribution in [3.05, 3.63) is 58.9 Å². The first kappa shape index (κ1) is 19.7. The molecule has 0 unspecified atom stereocenters. The molecule has 26 heavy (non-hydrogen) atoms. The summed E-state index contributed by atoms with van der Waals surface area (Å²) in [5, 5.41) is 1.88. The molecular weight excluding hydrogens is 371 g/mol. The minimum atomic E-state index is -4.72. The summed E-state index contributed by atoms with van der Waals surface area (Å²) in [5.41, 5.74) is -0.731. The number of benzene rings is 1. The van der Waals surface area contributed by atoms with Crippen molar-refractivity contribution in [1.29, 1.82) is 0 Å². The number of rotatable bonds is 4. The van der Waals surface area contributed by atoms with E-state index >= 15 is 0 Å². The van der Waals surface area contributed by atoms with Gasteiger partial charge in [-0.2, -0.15) is 13.2 Å². The molecule has 0 atom stereocenters. The minimum absolute atomic E-state index is 0.129. The van der Waals surface area contributed by atoms with Crippen LogP contribution in [-0.4, -0.2) is 35.3 Å². The van der Waals surface area contributed by atoms with Gasteiger partial charge in [-0.3, -0.25) is 14.6 Å². The molecule has 2 amide bonds. The maximum atomic E-state index is 13.0. The quantitative estimate of drug-likeness (QED) is 0.820. The number of nitrogens with zero attached hydrogens (tertiary/aromatic N) is 2. The molecule has 0 radical (unpaired) electrons. The predicted octanol–water partition coefficient (Wildman–Crippen LogP) is 3.39. The Morgan fingerprint density at radius 1 is 1.19 bits per heavy atom. The highest BCUT2D eigenvalue weighted by Crippen LogP contribution is 2.36. The van der Waals surface area contributed by atoms with Gasteiger partial charge in [0.15, 0.2) is 0 Å². The van der Waals surface area contributed by atoms with Gasteiger partial charge in [0, 0.05) is 31.0 Å². The van der Waals surface area contributed by atoms with Gasteiger partial charge in [0.25, 0.3) is 0 Å². The number of anilines is 1. The molecule has 1 aromatic carbocycles. The summed E-state index contributed by atoms with van der Waals surface area (Å²) < 4.78 is 39.1. The van der Waals surface area contributed by atoms with Gasteiger partial charge < -0.3 is 10.2 Å². The van der Waals surface area contributed by atoms with Gasteiger partial charge in [-0.15, -0.1) is 0 Å². The number of alkyl halides is 3. The van der Waals surface area contributed by atoms with Crippen LogP contribution in [0.2, 0.25) is 5.02 Å². The Kier molecular flexibility index (Phi) is 6.20. The Morgan fingerprint density at radius 3 is 2.46 bits per heavy atom. The molecular formula is C17H15ClF3N3O2. The van der Waals surface area contributed by atoms with E-state index in [2.05, 4.69) is 4.98 Å². The topological polar surface area (TPSA) is 62.3 Å². The summed E-state index contributed by atoms with van der Waals surface area (Å²) >= 11 is 5.58. The zero-order valence-corrected chi connectivity index (χ0v) is 14.4. The van der Waals surface area contributed by atoms with Crippen LogP contribution in [0.5, 0.6) is 0 Å². The largest absolute Gasteiger partial charge is 0.418 e. The molecule has 0 fully saturated rings. The number of hydrogen-bond acceptors (Lipinski definition) is 3. The summed E-state index contributed by atoms with van der Waals surface area (Å²) in [5.74, 6) is -2.10. The zero-order chi connectivity index (χ0) is 19.3. The summed E-state index contributed by atoms with van der Waals surface area (Å²) in [7, 11) is 1.40. The molecule has 1 N–H and O–H groups in total. The minimum Gasteiger partial charge on any atom is -0.337 e. The van der Waals surface area contributed by atoms with E-state index in [1.165, 1.54) is 13.1 Å². The second kappa shape index (κ2) is 8.18. The maximum absolute atomic E-state index is 13.0. The molecule has 0 aliphatic carbocycles. The van der Waals surface area contributed by atoms with Crippen molar-refractivity contribution in [2.75, 3.05) is 18.9 Å². The summed E-state index contributed by atoms with van der Waals surface area (Å²) in [6, 6.07) is 6.43. The van der Waals surface area contributed by atoms with Crippen LogP contribution in [-0.2, 0) is 22.2 Å². The highest BCUT2D eigenvalue weighted by Gasteiger charge is 2.34. The van der Waals surface area contributed by atoms with E-state index in [-0.39, 0.29) is 11.6 Å². The van der Waals surface area contributed by atoms with Crippen molar-refractivity contribution in [3.63, 3.8) is 0 Å². The zero-order valence-electron chi connectivity index (χ0n) is 13.7. The lowest BCUT2D eigenvalue weighted by Gasteiger charge is -2.18. The van der Waals surface area contributed by atoms with Gasteiger partial charge >= 0.3 is 18.0 Å². The van der Waals surface area contributed by atoms with Crippen molar-refractivity contribution in [1.82, 2.24) is 9.88 Å². The van der Waals surface area contributed by atoms with E-state index in [9.17, 15) is 22.8 Å². The lowest BCUT2D eigenvalue weighted by atomic mass is 10.1. The van der Waals surface area contributed by atoms with Crippen LogP contribution in [0.4, 0.5) is 18.9 Å². The lowest BCUT2D eigenvalue weighted by molar-refractivity contribution is -0.142. The number of nitrogens with one attached hydrogen (secondary N) is 1. The molecule has 2 aromatic rings. The summed E-state index contributed by atoms with van der Waals surface area (Å²) in [4.78, 5) is 29.1. The van der Waals surface area contributed by atoms with Gasteiger partial charge in [-0.25, -0.2) is 0 Å².